The van der Waals surface area contributed by atoms with Crippen LogP contribution in [0.15, 0.2) is 5.38 Å². The van der Waals surface area contributed by atoms with E-state index in [-0.39, 0.29) is 5.41 Å². The van der Waals surface area contributed by atoms with E-state index in [0.29, 0.717) is 23.9 Å². The van der Waals surface area contributed by atoms with Crippen molar-refractivity contribution in [1.29, 1.82) is 0 Å². The predicted octanol–water partition coefficient (Wildman–Crippen LogP) is 3.01. The number of piperazine rings is 1. The lowest BCUT2D eigenvalue weighted by atomic mass is 9.89. The topological polar surface area (TPSA) is 48.5 Å². The minimum Gasteiger partial charge on any atom is -0.340 e. The molecule has 0 saturated carbocycles. The Labute approximate surface area is 167 Å². The van der Waals surface area contributed by atoms with Crippen LogP contribution >= 0.6 is 11.3 Å². The number of fused-ring (bicyclic) bond motifs is 2. The molecule has 6 heteroatoms. The number of carbonyl (C=O) groups is 1. The third-order valence-electron chi connectivity index (χ3n) is 6.34. The molecule has 2 atom stereocenters. The van der Waals surface area contributed by atoms with Crippen molar-refractivity contribution in [3.8, 4) is 0 Å². The van der Waals surface area contributed by atoms with Gasteiger partial charge in [0.1, 0.15) is 0 Å². The number of aromatic nitrogens is 1. The Kier molecular flexibility index (Phi) is 5.59. The first kappa shape index (κ1) is 19.3. The molecule has 0 spiro atoms. The van der Waals surface area contributed by atoms with Crippen molar-refractivity contribution in [3.63, 3.8) is 0 Å². The lowest BCUT2D eigenvalue weighted by Gasteiger charge is -2.36. The highest BCUT2D eigenvalue weighted by Crippen LogP contribution is 2.33. The monoisotopic (exact) mass is 390 g/mol. The summed E-state index contributed by atoms with van der Waals surface area (Å²) in [5.74, 6) is 0.977. The van der Waals surface area contributed by atoms with E-state index in [1.54, 1.807) is 11.3 Å². The van der Waals surface area contributed by atoms with Crippen molar-refractivity contribution in [2.24, 2.45) is 5.92 Å². The van der Waals surface area contributed by atoms with Gasteiger partial charge in [-0.2, -0.15) is 0 Å². The van der Waals surface area contributed by atoms with Gasteiger partial charge in [-0.25, -0.2) is 4.98 Å². The van der Waals surface area contributed by atoms with E-state index in [1.807, 2.05) is 0 Å². The van der Waals surface area contributed by atoms with Crippen LogP contribution in [-0.4, -0.2) is 59.0 Å². The highest BCUT2D eigenvalue weighted by molar-refractivity contribution is 7.09. The number of rotatable bonds is 4. The summed E-state index contributed by atoms with van der Waals surface area (Å²) in [6, 6.07) is 1.35. The standard InChI is InChI=1S/C21H34N4OS/c1-21(2,3)20-23-18(14-27-20)13-24-6-8-25(9-7-24)19(26)12-15-10-16-4-5-17(11-15)22-16/h14-17,22H,4-13H2,1-3H3. The van der Waals surface area contributed by atoms with E-state index in [1.165, 1.54) is 36.4 Å². The number of thiazole rings is 1. The smallest absolute Gasteiger partial charge is 0.222 e. The fourth-order valence-corrected chi connectivity index (χ4v) is 5.72. The van der Waals surface area contributed by atoms with Crippen LogP contribution < -0.4 is 5.32 Å². The van der Waals surface area contributed by atoms with Gasteiger partial charge in [0.25, 0.3) is 0 Å². The Morgan fingerprint density at radius 3 is 2.44 bits per heavy atom. The summed E-state index contributed by atoms with van der Waals surface area (Å²) in [7, 11) is 0. The van der Waals surface area contributed by atoms with E-state index in [2.05, 4.69) is 41.3 Å². The molecule has 1 aromatic rings. The third kappa shape index (κ3) is 4.72. The highest BCUT2D eigenvalue weighted by Gasteiger charge is 2.35. The minimum absolute atomic E-state index is 0.127. The second-order valence-corrected chi connectivity index (χ2v) is 10.6. The van der Waals surface area contributed by atoms with Crippen LogP contribution in [0.25, 0.3) is 0 Å². The van der Waals surface area contributed by atoms with Crippen molar-refractivity contribution in [3.05, 3.63) is 16.1 Å². The second kappa shape index (κ2) is 7.80. The number of amides is 1. The molecule has 5 nitrogen and oxygen atoms in total. The van der Waals surface area contributed by atoms with Crippen LogP contribution in [-0.2, 0) is 16.8 Å². The molecule has 150 valence electrons. The Morgan fingerprint density at radius 2 is 1.85 bits per heavy atom. The SMILES string of the molecule is CC(C)(C)c1nc(CN2CCN(C(=O)CC3CC4CCC(C3)N4)CC2)cs1. The van der Waals surface area contributed by atoms with Crippen LogP contribution in [0.4, 0.5) is 0 Å². The molecule has 3 fully saturated rings. The molecule has 0 aromatic carbocycles. The van der Waals surface area contributed by atoms with Gasteiger partial charge in [0.15, 0.2) is 0 Å². The lowest BCUT2D eigenvalue weighted by Crippen LogP contribution is -2.49. The molecule has 27 heavy (non-hydrogen) atoms. The molecule has 1 N–H and O–H groups in total. The van der Waals surface area contributed by atoms with Crippen LogP contribution in [0.1, 0.15) is 63.6 Å². The molecular formula is C21H34N4OS. The van der Waals surface area contributed by atoms with Gasteiger partial charge in [-0.3, -0.25) is 9.69 Å². The number of nitrogens with one attached hydrogen (secondary N) is 1. The van der Waals surface area contributed by atoms with Gasteiger partial charge in [0.05, 0.1) is 10.7 Å². The average Bonchev–Trinajstić information content (AvgIpc) is 3.22. The Bertz CT molecular complexity index is 647. The second-order valence-electron chi connectivity index (χ2n) is 9.73. The molecule has 2 unspecified atom stereocenters. The zero-order valence-corrected chi connectivity index (χ0v) is 17.9. The number of carbonyl (C=O) groups excluding carboxylic acids is 1. The zero-order valence-electron chi connectivity index (χ0n) is 17.0. The number of hydrogen-bond donors (Lipinski definition) is 1. The third-order valence-corrected chi connectivity index (χ3v) is 7.65. The van der Waals surface area contributed by atoms with Gasteiger partial charge in [0, 0.05) is 62.0 Å². The first-order valence-electron chi connectivity index (χ1n) is 10.6. The first-order chi connectivity index (χ1) is 12.9. The summed E-state index contributed by atoms with van der Waals surface area (Å²) in [6.07, 6.45) is 5.77. The summed E-state index contributed by atoms with van der Waals surface area (Å²) in [4.78, 5) is 22.1. The number of piperidine rings is 1. The van der Waals surface area contributed by atoms with Crippen molar-refractivity contribution >= 4 is 17.2 Å². The summed E-state index contributed by atoms with van der Waals surface area (Å²) in [6.45, 7) is 11.2. The summed E-state index contributed by atoms with van der Waals surface area (Å²) in [5.41, 5.74) is 1.30. The van der Waals surface area contributed by atoms with Gasteiger partial charge in [-0.15, -0.1) is 11.3 Å². The highest BCUT2D eigenvalue weighted by atomic mass is 32.1. The maximum absolute atomic E-state index is 12.8. The van der Waals surface area contributed by atoms with E-state index >= 15 is 0 Å². The predicted molar refractivity (Wildman–Crippen MR) is 110 cm³/mol. The molecule has 4 rings (SSSR count). The number of nitrogens with zero attached hydrogens (tertiary/aromatic N) is 3. The average molecular weight is 391 g/mol. The molecule has 4 heterocycles. The van der Waals surface area contributed by atoms with Crippen molar-refractivity contribution in [2.45, 2.75) is 76.9 Å². The summed E-state index contributed by atoms with van der Waals surface area (Å²) >= 11 is 1.77. The van der Waals surface area contributed by atoms with Crippen LogP contribution in [0.2, 0.25) is 0 Å². The van der Waals surface area contributed by atoms with Gasteiger partial charge in [0.2, 0.25) is 5.91 Å². The maximum atomic E-state index is 12.8. The molecule has 2 bridgehead atoms. The van der Waals surface area contributed by atoms with Gasteiger partial charge >= 0.3 is 0 Å². The molecule has 0 aliphatic carbocycles. The normalized spacial score (nSPS) is 29.3. The van der Waals surface area contributed by atoms with E-state index in [0.717, 1.165) is 39.1 Å². The molecule has 3 aliphatic heterocycles. The number of hydrogen-bond acceptors (Lipinski definition) is 5. The zero-order chi connectivity index (χ0) is 19.0. The largest absolute Gasteiger partial charge is 0.340 e. The van der Waals surface area contributed by atoms with E-state index in [9.17, 15) is 4.79 Å². The lowest BCUT2D eigenvalue weighted by molar-refractivity contribution is -0.134. The Balaban J connectivity index is 1.23. The van der Waals surface area contributed by atoms with Crippen molar-refractivity contribution in [2.75, 3.05) is 26.2 Å². The molecule has 3 aliphatic rings. The molecular weight excluding hydrogens is 356 g/mol. The molecule has 1 aromatic heterocycles. The fraction of sp³-hybridized carbons (Fsp3) is 0.810. The van der Waals surface area contributed by atoms with Gasteiger partial charge in [-0.05, 0) is 31.6 Å². The molecule has 1 amide bonds. The van der Waals surface area contributed by atoms with Crippen LogP contribution in [0, 0.1) is 5.92 Å². The van der Waals surface area contributed by atoms with Gasteiger partial charge < -0.3 is 10.2 Å². The van der Waals surface area contributed by atoms with Crippen molar-refractivity contribution in [1.82, 2.24) is 20.1 Å². The van der Waals surface area contributed by atoms with Crippen molar-refractivity contribution < 1.29 is 4.79 Å². The van der Waals surface area contributed by atoms with E-state index < -0.39 is 0 Å². The summed E-state index contributed by atoms with van der Waals surface area (Å²) < 4.78 is 0. The summed E-state index contributed by atoms with van der Waals surface area (Å²) in [5, 5.41) is 7.08. The minimum atomic E-state index is 0.127. The van der Waals surface area contributed by atoms with Gasteiger partial charge in [-0.1, -0.05) is 20.8 Å². The Hall–Kier alpha value is -0.980. The van der Waals surface area contributed by atoms with Crippen LogP contribution in [0.3, 0.4) is 0 Å². The Morgan fingerprint density at radius 1 is 1.19 bits per heavy atom. The fourth-order valence-electron chi connectivity index (χ4n) is 4.83. The van der Waals surface area contributed by atoms with E-state index in [4.69, 9.17) is 4.98 Å². The van der Waals surface area contributed by atoms with Crippen LogP contribution in [0.5, 0.6) is 0 Å². The first-order valence-corrected chi connectivity index (χ1v) is 11.5. The quantitative estimate of drug-likeness (QED) is 0.859. The molecule has 3 saturated heterocycles. The maximum Gasteiger partial charge on any atom is 0.222 e. The molecule has 0 radical (unpaired) electrons.